The molecule has 0 radical (unpaired) electrons. The first-order chi connectivity index (χ1) is 10.2. The Morgan fingerprint density at radius 3 is 2.86 bits per heavy atom. The van der Waals surface area contributed by atoms with E-state index < -0.39 is 5.82 Å². The van der Waals surface area contributed by atoms with Crippen LogP contribution in [-0.2, 0) is 11.3 Å². The van der Waals surface area contributed by atoms with Gasteiger partial charge in [-0.15, -0.1) is 10.2 Å². The Balaban J connectivity index is 1.65. The van der Waals surface area contributed by atoms with E-state index in [1.165, 1.54) is 10.9 Å². The predicted octanol–water partition coefficient (Wildman–Crippen LogP) is 1.54. The summed E-state index contributed by atoms with van der Waals surface area (Å²) < 4.78 is 13.6. The van der Waals surface area contributed by atoms with E-state index in [2.05, 4.69) is 20.7 Å². The molecule has 1 aromatic heterocycles. The van der Waals surface area contributed by atoms with Gasteiger partial charge in [-0.2, -0.15) is 4.80 Å². The maximum Gasteiger partial charge on any atom is 0.243 e. The molecule has 7 heteroatoms. The van der Waals surface area contributed by atoms with Crippen molar-refractivity contribution in [2.75, 3.05) is 0 Å². The second-order valence-corrected chi connectivity index (χ2v) is 5.17. The standard InChI is InChI=1S/C14H16FN5O/c15-12-8-4-3-7-11(12)14-17-19-20(18-14)9-13(21)16-10-5-1-2-6-10/h3-4,7-8,10H,1-2,5-6,9H2,(H,16,21). The Bertz CT molecular complexity index is 636. The number of rotatable bonds is 4. The molecule has 1 fully saturated rings. The Kier molecular flexibility index (Phi) is 3.89. The lowest BCUT2D eigenvalue weighted by atomic mass is 10.2. The average Bonchev–Trinajstić information content (AvgIpc) is 3.11. The first-order valence-corrected chi connectivity index (χ1v) is 7.04. The zero-order valence-electron chi connectivity index (χ0n) is 11.5. The van der Waals surface area contributed by atoms with Crippen molar-refractivity contribution in [3.05, 3.63) is 30.1 Å². The quantitative estimate of drug-likeness (QED) is 0.926. The molecular weight excluding hydrogens is 273 g/mol. The Labute approximate surface area is 121 Å². The third kappa shape index (κ3) is 3.24. The van der Waals surface area contributed by atoms with E-state index in [0.29, 0.717) is 0 Å². The second kappa shape index (κ2) is 5.99. The third-order valence-corrected chi connectivity index (χ3v) is 3.57. The number of aromatic nitrogens is 4. The summed E-state index contributed by atoms with van der Waals surface area (Å²) in [6.07, 6.45) is 4.36. The van der Waals surface area contributed by atoms with Crippen molar-refractivity contribution in [3.63, 3.8) is 0 Å². The van der Waals surface area contributed by atoms with Crippen LogP contribution < -0.4 is 5.32 Å². The molecule has 3 rings (SSSR count). The summed E-state index contributed by atoms with van der Waals surface area (Å²) in [4.78, 5) is 13.1. The number of hydrogen-bond donors (Lipinski definition) is 1. The average molecular weight is 289 g/mol. The molecule has 2 aromatic rings. The number of nitrogens with one attached hydrogen (secondary N) is 1. The van der Waals surface area contributed by atoms with Gasteiger partial charge in [0.25, 0.3) is 0 Å². The van der Waals surface area contributed by atoms with Crippen molar-refractivity contribution < 1.29 is 9.18 Å². The Hall–Kier alpha value is -2.31. The normalized spacial score (nSPS) is 15.3. The van der Waals surface area contributed by atoms with Gasteiger partial charge in [0.05, 0.1) is 5.56 Å². The summed E-state index contributed by atoms with van der Waals surface area (Å²) in [5, 5.41) is 14.6. The molecule has 110 valence electrons. The van der Waals surface area contributed by atoms with E-state index in [4.69, 9.17) is 0 Å². The minimum atomic E-state index is -0.410. The monoisotopic (exact) mass is 289 g/mol. The molecule has 0 atom stereocenters. The van der Waals surface area contributed by atoms with Crippen LogP contribution in [0, 0.1) is 5.82 Å². The summed E-state index contributed by atoms with van der Waals surface area (Å²) in [6, 6.07) is 6.47. The highest BCUT2D eigenvalue weighted by atomic mass is 19.1. The highest BCUT2D eigenvalue weighted by Crippen LogP contribution is 2.18. The highest BCUT2D eigenvalue weighted by Gasteiger charge is 2.18. The van der Waals surface area contributed by atoms with Crippen molar-refractivity contribution in [1.82, 2.24) is 25.5 Å². The minimum Gasteiger partial charge on any atom is -0.352 e. The fourth-order valence-electron chi connectivity index (χ4n) is 2.53. The van der Waals surface area contributed by atoms with Gasteiger partial charge >= 0.3 is 0 Å². The Morgan fingerprint density at radius 2 is 2.10 bits per heavy atom. The highest BCUT2D eigenvalue weighted by molar-refractivity contribution is 5.75. The zero-order chi connectivity index (χ0) is 14.7. The molecule has 0 saturated heterocycles. The molecule has 1 saturated carbocycles. The largest absolute Gasteiger partial charge is 0.352 e. The zero-order valence-corrected chi connectivity index (χ0v) is 11.5. The molecule has 6 nitrogen and oxygen atoms in total. The fraction of sp³-hybridized carbons (Fsp3) is 0.429. The molecule has 1 aromatic carbocycles. The molecule has 0 spiro atoms. The number of tetrazole rings is 1. The Morgan fingerprint density at radius 1 is 1.33 bits per heavy atom. The van der Waals surface area contributed by atoms with Gasteiger partial charge in [-0.3, -0.25) is 4.79 Å². The molecule has 1 N–H and O–H groups in total. The molecule has 0 aliphatic heterocycles. The lowest BCUT2D eigenvalue weighted by molar-refractivity contribution is -0.122. The van der Waals surface area contributed by atoms with Crippen molar-refractivity contribution in [3.8, 4) is 11.4 Å². The van der Waals surface area contributed by atoms with Crippen molar-refractivity contribution >= 4 is 5.91 Å². The van der Waals surface area contributed by atoms with Gasteiger partial charge in [0, 0.05) is 6.04 Å². The summed E-state index contributed by atoms with van der Waals surface area (Å²) in [7, 11) is 0. The van der Waals surface area contributed by atoms with Crippen LogP contribution in [0.4, 0.5) is 4.39 Å². The van der Waals surface area contributed by atoms with Gasteiger partial charge in [-0.05, 0) is 30.2 Å². The molecular formula is C14H16FN5O. The van der Waals surface area contributed by atoms with E-state index in [0.717, 1.165) is 25.7 Å². The maximum absolute atomic E-state index is 13.6. The van der Waals surface area contributed by atoms with Crippen LogP contribution in [0.15, 0.2) is 24.3 Å². The van der Waals surface area contributed by atoms with Crippen molar-refractivity contribution in [1.29, 1.82) is 0 Å². The molecule has 1 aliphatic carbocycles. The maximum atomic E-state index is 13.6. The first kappa shape index (κ1) is 13.7. The van der Waals surface area contributed by atoms with Crippen LogP contribution >= 0.6 is 0 Å². The number of benzene rings is 1. The van der Waals surface area contributed by atoms with Gasteiger partial charge in [0.15, 0.2) is 0 Å². The van der Waals surface area contributed by atoms with E-state index in [9.17, 15) is 9.18 Å². The molecule has 1 heterocycles. The lowest BCUT2D eigenvalue weighted by Crippen LogP contribution is -2.35. The third-order valence-electron chi connectivity index (χ3n) is 3.57. The predicted molar refractivity (Wildman–Crippen MR) is 73.6 cm³/mol. The van der Waals surface area contributed by atoms with Crippen LogP contribution in [-0.4, -0.2) is 32.2 Å². The minimum absolute atomic E-state index is 0.00203. The van der Waals surface area contributed by atoms with Gasteiger partial charge in [0.1, 0.15) is 12.4 Å². The summed E-state index contributed by atoms with van der Waals surface area (Å²) in [5.41, 5.74) is 0.278. The molecule has 1 amide bonds. The second-order valence-electron chi connectivity index (χ2n) is 5.17. The number of carbonyl (C=O) groups is 1. The number of carbonyl (C=O) groups excluding carboxylic acids is 1. The summed E-state index contributed by atoms with van der Waals surface area (Å²) >= 11 is 0. The van der Waals surface area contributed by atoms with Gasteiger partial charge in [-0.1, -0.05) is 25.0 Å². The van der Waals surface area contributed by atoms with Gasteiger partial charge < -0.3 is 5.32 Å². The van der Waals surface area contributed by atoms with Crippen LogP contribution in [0.3, 0.4) is 0 Å². The van der Waals surface area contributed by atoms with E-state index in [1.807, 2.05) is 0 Å². The van der Waals surface area contributed by atoms with Crippen molar-refractivity contribution in [2.24, 2.45) is 0 Å². The number of hydrogen-bond acceptors (Lipinski definition) is 4. The van der Waals surface area contributed by atoms with Crippen LogP contribution in [0.2, 0.25) is 0 Å². The van der Waals surface area contributed by atoms with Gasteiger partial charge in [-0.25, -0.2) is 4.39 Å². The van der Waals surface area contributed by atoms with Crippen LogP contribution in [0.5, 0.6) is 0 Å². The van der Waals surface area contributed by atoms with E-state index >= 15 is 0 Å². The number of halogens is 1. The van der Waals surface area contributed by atoms with Crippen LogP contribution in [0.1, 0.15) is 25.7 Å². The van der Waals surface area contributed by atoms with Crippen LogP contribution in [0.25, 0.3) is 11.4 Å². The van der Waals surface area contributed by atoms with Gasteiger partial charge in [0.2, 0.25) is 11.7 Å². The fourth-order valence-corrected chi connectivity index (χ4v) is 2.53. The smallest absolute Gasteiger partial charge is 0.243 e. The topological polar surface area (TPSA) is 72.7 Å². The number of amides is 1. The molecule has 0 bridgehead atoms. The first-order valence-electron chi connectivity index (χ1n) is 7.04. The van der Waals surface area contributed by atoms with Crippen molar-refractivity contribution in [2.45, 2.75) is 38.3 Å². The summed E-state index contributed by atoms with van der Waals surface area (Å²) in [6.45, 7) is -0.00203. The SMILES string of the molecule is O=C(Cn1nnc(-c2ccccc2F)n1)NC1CCCC1. The molecule has 21 heavy (non-hydrogen) atoms. The molecule has 1 aliphatic rings. The molecule has 0 unspecified atom stereocenters. The van der Waals surface area contributed by atoms with E-state index in [-0.39, 0.29) is 29.9 Å². The van der Waals surface area contributed by atoms with E-state index in [1.54, 1.807) is 18.2 Å². The summed E-state index contributed by atoms with van der Waals surface area (Å²) in [5.74, 6) is -0.367. The number of nitrogens with zero attached hydrogens (tertiary/aromatic N) is 4. The lowest BCUT2D eigenvalue weighted by Gasteiger charge is -2.10.